The van der Waals surface area contributed by atoms with Crippen LogP contribution < -0.4 is 5.46 Å². The Balaban J connectivity index is 2.91. The van der Waals surface area contributed by atoms with Crippen molar-refractivity contribution >= 4 is 35.8 Å². The molecule has 0 aliphatic carbocycles. The molecule has 0 saturated heterocycles. The molecular formula is C7H6BClN2. The van der Waals surface area contributed by atoms with E-state index in [2.05, 4.69) is 10.2 Å². The summed E-state index contributed by atoms with van der Waals surface area (Å²) in [5.41, 5.74) is 2.15. The van der Waals surface area contributed by atoms with Gasteiger partial charge in [-0.2, -0.15) is 5.10 Å². The summed E-state index contributed by atoms with van der Waals surface area (Å²) in [4.78, 5) is 0. The molecule has 0 radical (unpaired) electrons. The lowest BCUT2D eigenvalue weighted by atomic mass is 9.93. The second kappa shape index (κ2) is 2.27. The summed E-state index contributed by atoms with van der Waals surface area (Å²) in [5, 5.41) is 8.67. The molecule has 2 nitrogen and oxygen atoms in total. The van der Waals surface area contributed by atoms with Crippen molar-refractivity contribution in [1.82, 2.24) is 10.2 Å². The first-order valence-corrected chi connectivity index (χ1v) is 3.74. The monoisotopic (exact) mass is 164 g/mol. The van der Waals surface area contributed by atoms with E-state index >= 15 is 0 Å². The van der Waals surface area contributed by atoms with Gasteiger partial charge in [0, 0.05) is 10.4 Å². The Hall–Kier alpha value is -0.955. The van der Waals surface area contributed by atoms with Crippen LogP contribution in [0.1, 0.15) is 0 Å². The van der Waals surface area contributed by atoms with Gasteiger partial charge >= 0.3 is 0 Å². The van der Waals surface area contributed by atoms with Crippen molar-refractivity contribution in [3.63, 3.8) is 0 Å². The normalized spacial score (nSPS) is 10.6. The molecule has 4 heteroatoms. The Morgan fingerprint density at radius 2 is 2.27 bits per heavy atom. The zero-order valence-electron chi connectivity index (χ0n) is 6.06. The molecule has 54 valence electrons. The molecular weight excluding hydrogens is 158 g/mol. The van der Waals surface area contributed by atoms with Crippen molar-refractivity contribution in [1.29, 1.82) is 0 Å². The number of H-pyrrole nitrogens is 1. The highest BCUT2D eigenvalue weighted by Crippen LogP contribution is 2.13. The third kappa shape index (κ3) is 1.01. The highest BCUT2D eigenvalue weighted by atomic mass is 35.5. The summed E-state index contributed by atoms with van der Waals surface area (Å²) in [7, 11) is 2.02. The van der Waals surface area contributed by atoms with Crippen LogP contribution in [-0.4, -0.2) is 18.0 Å². The first-order chi connectivity index (χ1) is 5.27. The number of hydrogen-bond acceptors (Lipinski definition) is 1. The van der Waals surface area contributed by atoms with Gasteiger partial charge in [0.25, 0.3) is 0 Å². The van der Waals surface area contributed by atoms with Gasteiger partial charge < -0.3 is 0 Å². The standard InChI is InChI=1S/C7H6BClN2/c8-6-1-4(9)2-7-5(6)3-10-11-7/h1-3H,8H2,(H,10,11). The van der Waals surface area contributed by atoms with E-state index < -0.39 is 0 Å². The molecule has 11 heavy (non-hydrogen) atoms. The molecule has 0 bridgehead atoms. The van der Waals surface area contributed by atoms with Gasteiger partial charge in [-0.3, -0.25) is 5.10 Å². The molecule has 2 aromatic rings. The van der Waals surface area contributed by atoms with Crippen LogP contribution in [0.5, 0.6) is 0 Å². The lowest BCUT2D eigenvalue weighted by Gasteiger charge is -1.95. The van der Waals surface area contributed by atoms with E-state index in [0.717, 1.165) is 21.4 Å². The molecule has 0 amide bonds. The fraction of sp³-hybridized carbons (Fsp3) is 0. The molecule has 0 atom stereocenters. The number of hydrogen-bond donors (Lipinski definition) is 1. The maximum Gasteiger partial charge on any atom is 0.140 e. The summed E-state index contributed by atoms with van der Waals surface area (Å²) in [5.74, 6) is 0. The SMILES string of the molecule is Bc1cc(Cl)cc2[nH]ncc12. The molecule has 2 rings (SSSR count). The predicted molar refractivity (Wildman–Crippen MR) is 49.3 cm³/mol. The maximum absolute atomic E-state index is 5.83. The summed E-state index contributed by atoms with van der Waals surface area (Å²) < 4.78 is 0. The summed E-state index contributed by atoms with van der Waals surface area (Å²) in [6.45, 7) is 0. The number of aromatic nitrogens is 2. The number of fused-ring (bicyclic) bond motifs is 1. The van der Waals surface area contributed by atoms with Crippen molar-refractivity contribution in [2.45, 2.75) is 0 Å². The van der Waals surface area contributed by atoms with Crippen LogP contribution in [0.15, 0.2) is 18.3 Å². The summed E-state index contributed by atoms with van der Waals surface area (Å²) in [6.07, 6.45) is 1.81. The lowest BCUT2D eigenvalue weighted by molar-refractivity contribution is 1.12. The van der Waals surface area contributed by atoms with Crippen molar-refractivity contribution in [3.05, 3.63) is 23.4 Å². The topological polar surface area (TPSA) is 28.7 Å². The Bertz CT molecular complexity index is 396. The van der Waals surface area contributed by atoms with E-state index in [9.17, 15) is 0 Å². The molecule has 0 aliphatic rings. The fourth-order valence-electron chi connectivity index (χ4n) is 1.18. The van der Waals surface area contributed by atoms with Gasteiger partial charge in [0.2, 0.25) is 0 Å². The number of aromatic amines is 1. The Kier molecular flexibility index (Phi) is 1.39. The molecule has 1 aromatic carbocycles. The third-order valence-corrected chi connectivity index (χ3v) is 1.95. The number of rotatable bonds is 0. The van der Waals surface area contributed by atoms with Crippen LogP contribution in [0.3, 0.4) is 0 Å². The molecule has 1 aromatic heterocycles. The van der Waals surface area contributed by atoms with Crippen LogP contribution in [0, 0.1) is 0 Å². The van der Waals surface area contributed by atoms with Crippen LogP contribution >= 0.6 is 11.6 Å². The minimum Gasteiger partial charge on any atom is -0.278 e. The second-order valence-electron chi connectivity index (χ2n) is 2.55. The Labute approximate surface area is 70.0 Å². The molecule has 0 aliphatic heterocycles. The molecule has 0 spiro atoms. The van der Waals surface area contributed by atoms with Crippen LogP contribution in [0.4, 0.5) is 0 Å². The highest BCUT2D eigenvalue weighted by Gasteiger charge is 1.99. The molecule has 0 unspecified atom stereocenters. The van der Waals surface area contributed by atoms with Crippen LogP contribution in [0.2, 0.25) is 5.02 Å². The average Bonchev–Trinajstić information content (AvgIpc) is 2.34. The van der Waals surface area contributed by atoms with E-state index in [1.165, 1.54) is 0 Å². The van der Waals surface area contributed by atoms with Gasteiger partial charge in [0.05, 0.1) is 11.7 Å². The van der Waals surface area contributed by atoms with Gasteiger partial charge in [-0.05, 0) is 12.1 Å². The zero-order chi connectivity index (χ0) is 7.84. The molecule has 0 fully saturated rings. The summed E-state index contributed by atoms with van der Waals surface area (Å²) in [6, 6.07) is 3.80. The van der Waals surface area contributed by atoms with E-state index in [4.69, 9.17) is 11.6 Å². The van der Waals surface area contributed by atoms with Gasteiger partial charge in [-0.1, -0.05) is 17.1 Å². The Morgan fingerprint density at radius 1 is 1.45 bits per heavy atom. The molecule has 0 saturated carbocycles. The second-order valence-corrected chi connectivity index (χ2v) is 2.99. The van der Waals surface area contributed by atoms with Crippen molar-refractivity contribution in [2.24, 2.45) is 0 Å². The first kappa shape index (κ1) is 6.74. The van der Waals surface area contributed by atoms with Crippen LogP contribution in [0.25, 0.3) is 10.9 Å². The third-order valence-electron chi connectivity index (χ3n) is 1.73. The van der Waals surface area contributed by atoms with Crippen molar-refractivity contribution in [3.8, 4) is 0 Å². The number of nitrogens with one attached hydrogen (secondary N) is 1. The van der Waals surface area contributed by atoms with E-state index in [-0.39, 0.29) is 0 Å². The predicted octanol–water partition coefficient (Wildman–Crippen LogP) is 0.475. The van der Waals surface area contributed by atoms with Gasteiger partial charge in [-0.25, -0.2) is 0 Å². The van der Waals surface area contributed by atoms with E-state index in [0.29, 0.717) is 0 Å². The van der Waals surface area contributed by atoms with Gasteiger partial charge in [0.1, 0.15) is 7.85 Å². The lowest BCUT2D eigenvalue weighted by Crippen LogP contribution is -2.01. The first-order valence-electron chi connectivity index (χ1n) is 3.36. The van der Waals surface area contributed by atoms with Crippen LogP contribution in [-0.2, 0) is 0 Å². The minimum absolute atomic E-state index is 0.749. The quantitative estimate of drug-likeness (QED) is 0.564. The largest absolute Gasteiger partial charge is 0.278 e. The van der Waals surface area contributed by atoms with Gasteiger partial charge in [0.15, 0.2) is 0 Å². The zero-order valence-corrected chi connectivity index (χ0v) is 6.81. The molecule has 1 N–H and O–H groups in total. The maximum atomic E-state index is 5.83. The van der Waals surface area contributed by atoms with Gasteiger partial charge in [-0.15, -0.1) is 0 Å². The number of nitrogens with zero attached hydrogens (tertiary/aromatic N) is 1. The van der Waals surface area contributed by atoms with E-state index in [1.54, 1.807) is 6.20 Å². The number of benzene rings is 1. The minimum atomic E-state index is 0.749. The molecule has 1 heterocycles. The summed E-state index contributed by atoms with van der Waals surface area (Å²) >= 11 is 5.83. The highest BCUT2D eigenvalue weighted by molar-refractivity contribution is 6.41. The number of halogens is 1. The van der Waals surface area contributed by atoms with Crippen molar-refractivity contribution in [2.75, 3.05) is 0 Å². The Morgan fingerprint density at radius 3 is 3.09 bits per heavy atom. The van der Waals surface area contributed by atoms with Crippen molar-refractivity contribution < 1.29 is 0 Å². The smallest absolute Gasteiger partial charge is 0.140 e. The fourth-order valence-corrected chi connectivity index (χ4v) is 1.46. The van der Waals surface area contributed by atoms with E-state index in [1.807, 2.05) is 20.0 Å². The average molecular weight is 164 g/mol.